The van der Waals surface area contributed by atoms with Gasteiger partial charge in [0.05, 0.1) is 4.90 Å². The van der Waals surface area contributed by atoms with Gasteiger partial charge in [-0.05, 0) is 12.1 Å². The molecule has 0 aliphatic carbocycles. The molecular formula is C6H5NNa2O3S. The van der Waals surface area contributed by atoms with Gasteiger partial charge < -0.3 is 10.3 Å². The summed E-state index contributed by atoms with van der Waals surface area (Å²) in [5.74, 6) is 0. The molecule has 0 fully saturated rings. The van der Waals surface area contributed by atoms with Crippen LogP contribution in [0.25, 0.3) is 5.73 Å². The van der Waals surface area contributed by atoms with Gasteiger partial charge >= 0.3 is 59.1 Å². The first-order chi connectivity index (χ1) is 5.00. The van der Waals surface area contributed by atoms with E-state index in [-0.39, 0.29) is 69.7 Å². The maximum absolute atomic E-state index is 10.3. The topological polar surface area (TPSA) is 81.0 Å². The van der Waals surface area contributed by atoms with Crippen LogP contribution in [0.5, 0.6) is 0 Å². The average Bonchev–Trinajstić information content (AvgIpc) is 1.86. The molecule has 0 aliphatic rings. The summed E-state index contributed by atoms with van der Waals surface area (Å²) in [5.41, 5.74) is 7.18. The van der Waals surface area contributed by atoms with Crippen LogP contribution in [0.2, 0.25) is 0 Å². The third-order valence-corrected chi connectivity index (χ3v) is 1.99. The van der Waals surface area contributed by atoms with E-state index in [2.05, 4.69) is 0 Å². The molecule has 0 saturated heterocycles. The first-order valence-electron chi connectivity index (χ1n) is 2.78. The zero-order valence-electron chi connectivity index (χ0n) is 7.44. The Kier molecular flexibility index (Phi) is 8.08. The molecule has 1 aromatic rings. The van der Waals surface area contributed by atoms with Crippen LogP contribution in [0, 0.1) is 0 Å². The van der Waals surface area contributed by atoms with Gasteiger partial charge in [0.25, 0.3) is 0 Å². The van der Waals surface area contributed by atoms with Crippen LogP contribution in [0.4, 0.5) is 5.69 Å². The molecule has 0 atom stereocenters. The van der Waals surface area contributed by atoms with Crippen molar-refractivity contribution in [1.82, 2.24) is 0 Å². The predicted molar refractivity (Wildman–Crippen MR) is 38.4 cm³/mol. The van der Waals surface area contributed by atoms with E-state index in [1.807, 2.05) is 0 Å². The van der Waals surface area contributed by atoms with Gasteiger partial charge in [0.15, 0.2) is 0 Å². The van der Waals surface area contributed by atoms with Crippen molar-refractivity contribution in [3.05, 3.63) is 30.0 Å². The fraction of sp³-hybridized carbons (Fsp3) is 0. The van der Waals surface area contributed by atoms with Crippen LogP contribution in [0.3, 0.4) is 0 Å². The molecule has 0 aromatic heterocycles. The van der Waals surface area contributed by atoms with E-state index in [9.17, 15) is 13.0 Å². The Morgan fingerprint density at radius 2 is 1.46 bits per heavy atom. The van der Waals surface area contributed by atoms with Crippen molar-refractivity contribution in [3.8, 4) is 0 Å². The Bertz CT molecular complexity index is 349. The molecule has 1 aromatic carbocycles. The standard InChI is InChI=1S/C6H6NO3S.2Na/c7-5-1-3-6(4-2-5)11(8,9)10;;/h1-4,7H,(H,8,9,10);;/q-1;2*+1/p-1. The summed E-state index contributed by atoms with van der Waals surface area (Å²) in [6.07, 6.45) is 0. The summed E-state index contributed by atoms with van der Waals surface area (Å²) in [4.78, 5) is -0.298. The second kappa shape index (κ2) is 6.42. The van der Waals surface area contributed by atoms with Gasteiger partial charge in [-0.15, -0.1) is 5.69 Å². The van der Waals surface area contributed by atoms with Crippen molar-refractivity contribution < 1.29 is 72.1 Å². The van der Waals surface area contributed by atoms with Crippen molar-refractivity contribution in [2.45, 2.75) is 4.90 Å². The van der Waals surface area contributed by atoms with E-state index in [0.29, 0.717) is 0 Å². The molecule has 0 unspecified atom stereocenters. The normalized spacial score (nSPS) is 9.62. The Morgan fingerprint density at radius 3 is 1.77 bits per heavy atom. The van der Waals surface area contributed by atoms with Gasteiger partial charge in [-0.1, -0.05) is 12.1 Å². The number of hydrogen-bond donors (Lipinski definition) is 0. The molecule has 4 nitrogen and oxygen atoms in total. The minimum atomic E-state index is -4.35. The third kappa shape index (κ3) is 5.39. The summed E-state index contributed by atoms with van der Waals surface area (Å²) in [6, 6.07) is 4.74. The molecule has 0 radical (unpaired) electrons. The minimum Gasteiger partial charge on any atom is -0.744 e. The summed E-state index contributed by atoms with van der Waals surface area (Å²) in [7, 11) is -4.35. The second-order valence-electron chi connectivity index (χ2n) is 1.98. The van der Waals surface area contributed by atoms with E-state index in [0.717, 1.165) is 12.1 Å². The Balaban J connectivity index is 0. The number of hydrogen-bond acceptors (Lipinski definition) is 3. The van der Waals surface area contributed by atoms with E-state index >= 15 is 0 Å². The summed E-state index contributed by atoms with van der Waals surface area (Å²) in [5, 5.41) is 0. The average molecular weight is 217 g/mol. The zero-order valence-corrected chi connectivity index (χ0v) is 12.3. The molecule has 1 N–H and O–H groups in total. The monoisotopic (exact) mass is 217 g/mol. The molecule has 0 bridgehead atoms. The molecule has 0 heterocycles. The number of benzene rings is 1. The maximum Gasteiger partial charge on any atom is 1.00 e. The van der Waals surface area contributed by atoms with Crippen molar-refractivity contribution in [2.75, 3.05) is 0 Å². The Morgan fingerprint density at radius 1 is 1.08 bits per heavy atom. The molecular weight excluding hydrogens is 212 g/mol. The predicted octanol–water partition coefficient (Wildman–Crippen LogP) is -4.72. The first-order valence-corrected chi connectivity index (χ1v) is 4.18. The molecule has 0 amide bonds. The van der Waals surface area contributed by atoms with E-state index in [1.165, 1.54) is 12.1 Å². The largest absolute Gasteiger partial charge is 1.00 e. The van der Waals surface area contributed by atoms with Crippen molar-refractivity contribution >= 4 is 15.8 Å². The van der Waals surface area contributed by atoms with Crippen molar-refractivity contribution in [3.63, 3.8) is 0 Å². The summed E-state index contributed by atoms with van der Waals surface area (Å²) >= 11 is 0. The summed E-state index contributed by atoms with van der Waals surface area (Å²) in [6.45, 7) is 0. The number of nitrogens with one attached hydrogen (secondary N) is 1. The van der Waals surface area contributed by atoms with Gasteiger partial charge in [-0.25, -0.2) is 8.42 Å². The fourth-order valence-corrected chi connectivity index (χ4v) is 1.09. The molecule has 60 valence electrons. The van der Waals surface area contributed by atoms with Crippen LogP contribution in [0.1, 0.15) is 0 Å². The van der Waals surface area contributed by atoms with Gasteiger partial charge in [0.1, 0.15) is 10.1 Å². The summed E-state index contributed by atoms with van der Waals surface area (Å²) < 4.78 is 31.0. The van der Waals surface area contributed by atoms with Gasteiger partial charge in [-0.2, -0.15) is 0 Å². The third-order valence-electron chi connectivity index (χ3n) is 1.14. The van der Waals surface area contributed by atoms with Crippen LogP contribution in [0.15, 0.2) is 29.2 Å². The van der Waals surface area contributed by atoms with Gasteiger partial charge in [0, 0.05) is 0 Å². The quantitative estimate of drug-likeness (QED) is 0.350. The maximum atomic E-state index is 10.3. The van der Waals surface area contributed by atoms with Crippen LogP contribution in [-0.2, 0) is 10.1 Å². The number of rotatable bonds is 1. The van der Waals surface area contributed by atoms with E-state index < -0.39 is 10.1 Å². The molecule has 7 heteroatoms. The van der Waals surface area contributed by atoms with Crippen LogP contribution >= 0.6 is 0 Å². The Labute approximate surface area is 121 Å². The van der Waals surface area contributed by atoms with Crippen molar-refractivity contribution in [2.24, 2.45) is 0 Å². The smallest absolute Gasteiger partial charge is 0.744 e. The first kappa shape index (κ1) is 16.4. The van der Waals surface area contributed by atoms with Crippen LogP contribution in [-0.4, -0.2) is 13.0 Å². The molecule has 0 aliphatic heterocycles. The molecule has 1 rings (SSSR count). The van der Waals surface area contributed by atoms with Crippen LogP contribution < -0.4 is 59.1 Å². The fourth-order valence-electron chi connectivity index (χ4n) is 0.622. The molecule has 0 saturated carbocycles. The van der Waals surface area contributed by atoms with E-state index in [1.54, 1.807) is 0 Å². The molecule has 0 spiro atoms. The van der Waals surface area contributed by atoms with Crippen molar-refractivity contribution in [1.29, 1.82) is 0 Å². The SMILES string of the molecule is [NH-]c1ccc(S(=O)(=O)[O-])cc1.[Na+].[Na+]. The Hall–Kier alpha value is 0.930. The second-order valence-corrected chi connectivity index (χ2v) is 3.36. The van der Waals surface area contributed by atoms with Gasteiger partial charge in [0.2, 0.25) is 0 Å². The van der Waals surface area contributed by atoms with E-state index in [4.69, 9.17) is 5.73 Å². The minimum absolute atomic E-state index is 0. The van der Waals surface area contributed by atoms with Gasteiger partial charge in [-0.3, -0.25) is 0 Å². The molecule has 13 heavy (non-hydrogen) atoms. The zero-order chi connectivity index (χ0) is 8.48.